The summed E-state index contributed by atoms with van der Waals surface area (Å²) in [4.78, 5) is 8.17. The zero-order valence-electron chi connectivity index (χ0n) is 9.19. The summed E-state index contributed by atoms with van der Waals surface area (Å²) in [5.74, 6) is 0.717. The molecule has 0 aliphatic heterocycles. The van der Waals surface area contributed by atoms with Crippen LogP contribution in [0.1, 0.15) is 32.1 Å². The second kappa shape index (κ2) is 5.46. The van der Waals surface area contributed by atoms with Crippen LogP contribution < -0.4 is 11.1 Å². The Morgan fingerprint density at radius 2 is 2.06 bits per heavy atom. The van der Waals surface area contributed by atoms with Crippen LogP contribution in [0.4, 0.5) is 5.82 Å². The molecule has 1 aliphatic carbocycles. The Morgan fingerprint density at radius 3 is 2.88 bits per heavy atom. The molecule has 2 unspecified atom stereocenters. The first-order valence-corrected chi connectivity index (χ1v) is 6.13. The van der Waals surface area contributed by atoms with E-state index in [0.29, 0.717) is 5.15 Å². The smallest absolute Gasteiger partial charge is 0.149 e. The van der Waals surface area contributed by atoms with Crippen molar-refractivity contribution in [3.63, 3.8) is 0 Å². The first kappa shape index (κ1) is 11.6. The van der Waals surface area contributed by atoms with Gasteiger partial charge in [0, 0.05) is 12.1 Å². The van der Waals surface area contributed by atoms with Gasteiger partial charge in [0.25, 0.3) is 0 Å². The summed E-state index contributed by atoms with van der Waals surface area (Å²) in [6.45, 7) is 0. The van der Waals surface area contributed by atoms with Crippen LogP contribution in [0.2, 0.25) is 5.15 Å². The molecule has 0 bridgehead atoms. The topological polar surface area (TPSA) is 63.8 Å². The van der Waals surface area contributed by atoms with Crippen LogP contribution in [-0.2, 0) is 0 Å². The molecule has 1 aliphatic rings. The minimum atomic E-state index is 0.197. The van der Waals surface area contributed by atoms with E-state index in [4.69, 9.17) is 17.3 Å². The quantitative estimate of drug-likeness (QED) is 0.778. The van der Waals surface area contributed by atoms with Gasteiger partial charge in [-0.25, -0.2) is 4.98 Å². The maximum atomic E-state index is 6.12. The van der Waals surface area contributed by atoms with Gasteiger partial charge in [-0.05, 0) is 12.8 Å². The van der Waals surface area contributed by atoms with Crippen LogP contribution in [-0.4, -0.2) is 22.1 Å². The molecule has 4 nitrogen and oxygen atoms in total. The van der Waals surface area contributed by atoms with E-state index < -0.39 is 0 Å². The number of nitrogens with one attached hydrogen (secondary N) is 1. The highest BCUT2D eigenvalue weighted by Gasteiger charge is 2.20. The normalized spacial score (nSPS) is 26.1. The molecule has 1 aromatic rings. The molecular formula is C11H17ClN4. The molecule has 1 aromatic heterocycles. The molecule has 5 heteroatoms. The molecule has 0 spiro atoms. The lowest BCUT2D eigenvalue weighted by molar-refractivity contribution is 0.527. The lowest BCUT2D eigenvalue weighted by atomic mass is 10.0. The summed E-state index contributed by atoms with van der Waals surface area (Å²) in [5, 5.41) is 3.74. The predicted octanol–water partition coefficient (Wildman–Crippen LogP) is 2.20. The maximum Gasteiger partial charge on any atom is 0.149 e. The first-order valence-electron chi connectivity index (χ1n) is 5.75. The van der Waals surface area contributed by atoms with E-state index in [0.717, 1.165) is 18.7 Å². The number of nitrogens with two attached hydrogens (primary N) is 1. The second-order valence-electron chi connectivity index (χ2n) is 4.28. The lowest BCUT2D eigenvalue weighted by Gasteiger charge is -2.22. The zero-order chi connectivity index (χ0) is 11.4. The van der Waals surface area contributed by atoms with E-state index in [-0.39, 0.29) is 12.1 Å². The van der Waals surface area contributed by atoms with Gasteiger partial charge in [-0.15, -0.1) is 0 Å². The van der Waals surface area contributed by atoms with Gasteiger partial charge in [0.15, 0.2) is 0 Å². The maximum absolute atomic E-state index is 6.12. The molecule has 0 aromatic carbocycles. The van der Waals surface area contributed by atoms with E-state index in [1.807, 2.05) is 0 Å². The number of anilines is 1. The Bertz CT molecular complexity index is 345. The van der Waals surface area contributed by atoms with Gasteiger partial charge in [0.2, 0.25) is 0 Å². The molecule has 1 heterocycles. The molecule has 0 amide bonds. The molecule has 0 radical (unpaired) electrons. The van der Waals surface area contributed by atoms with Crippen molar-refractivity contribution in [2.24, 2.45) is 5.73 Å². The second-order valence-corrected chi connectivity index (χ2v) is 4.67. The highest BCUT2D eigenvalue weighted by atomic mass is 35.5. The van der Waals surface area contributed by atoms with Crippen molar-refractivity contribution >= 4 is 17.4 Å². The van der Waals surface area contributed by atoms with Gasteiger partial charge >= 0.3 is 0 Å². The highest BCUT2D eigenvalue weighted by molar-refractivity contribution is 6.29. The van der Waals surface area contributed by atoms with Gasteiger partial charge in [-0.1, -0.05) is 30.9 Å². The highest BCUT2D eigenvalue weighted by Crippen LogP contribution is 2.20. The third-order valence-corrected chi connectivity index (χ3v) is 3.19. The van der Waals surface area contributed by atoms with Gasteiger partial charge < -0.3 is 11.1 Å². The summed E-state index contributed by atoms with van der Waals surface area (Å²) in [7, 11) is 0. The van der Waals surface area contributed by atoms with Gasteiger partial charge in [-0.2, -0.15) is 0 Å². The van der Waals surface area contributed by atoms with Crippen molar-refractivity contribution in [2.75, 3.05) is 5.32 Å². The van der Waals surface area contributed by atoms with Crippen molar-refractivity contribution in [1.82, 2.24) is 9.97 Å². The largest absolute Gasteiger partial charge is 0.364 e. The molecule has 16 heavy (non-hydrogen) atoms. The van der Waals surface area contributed by atoms with E-state index in [1.165, 1.54) is 25.5 Å². The number of aromatic nitrogens is 2. The number of hydrogen-bond acceptors (Lipinski definition) is 4. The standard InChI is InChI=1S/C11H17ClN4/c12-10-6-14-7-11(16-10)15-9-5-3-1-2-4-8(9)13/h6-9H,1-5,13H2,(H,15,16). The van der Waals surface area contributed by atoms with E-state index in [1.54, 1.807) is 6.20 Å². The van der Waals surface area contributed by atoms with E-state index in [9.17, 15) is 0 Å². The van der Waals surface area contributed by atoms with Crippen LogP contribution >= 0.6 is 11.6 Å². The Labute approximate surface area is 101 Å². The third-order valence-electron chi connectivity index (χ3n) is 3.01. The number of halogens is 1. The summed E-state index contributed by atoms with van der Waals surface area (Å²) in [6, 6.07) is 0.485. The zero-order valence-corrected chi connectivity index (χ0v) is 9.95. The summed E-state index contributed by atoms with van der Waals surface area (Å²) >= 11 is 5.79. The molecule has 2 atom stereocenters. The van der Waals surface area contributed by atoms with Crippen molar-refractivity contribution in [2.45, 2.75) is 44.2 Å². The van der Waals surface area contributed by atoms with Crippen molar-refractivity contribution in [3.05, 3.63) is 17.5 Å². The van der Waals surface area contributed by atoms with Crippen LogP contribution in [0, 0.1) is 0 Å². The molecule has 1 saturated carbocycles. The van der Waals surface area contributed by atoms with Crippen molar-refractivity contribution in [3.8, 4) is 0 Å². The average molecular weight is 241 g/mol. The average Bonchev–Trinajstić information content (AvgIpc) is 2.45. The summed E-state index contributed by atoms with van der Waals surface area (Å²) < 4.78 is 0. The summed E-state index contributed by atoms with van der Waals surface area (Å²) in [5.41, 5.74) is 6.12. The van der Waals surface area contributed by atoms with Crippen LogP contribution in [0.25, 0.3) is 0 Å². The fraction of sp³-hybridized carbons (Fsp3) is 0.636. The molecule has 3 N–H and O–H groups in total. The molecule has 2 rings (SSSR count). The van der Waals surface area contributed by atoms with Gasteiger partial charge in [0.1, 0.15) is 11.0 Å². The van der Waals surface area contributed by atoms with Crippen LogP contribution in [0.3, 0.4) is 0 Å². The fourth-order valence-electron chi connectivity index (χ4n) is 2.12. The lowest BCUT2D eigenvalue weighted by Crippen LogP contribution is -2.39. The number of hydrogen-bond donors (Lipinski definition) is 2. The van der Waals surface area contributed by atoms with E-state index >= 15 is 0 Å². The minimum absolute atomic E-state index is 0.197. The summed E-state index contributed by atoms with van der Waals surface area (Å²) in [6.07, 6.45) is 9.09. The molecular weight excluding hydrogens is 224 g/mol. The molecule has 1 fully saturated rings. The Hall–Kier alpha value is -0.870. The number of rotatable bonds is 2. The van der Waals surface area contributed by atoms with Gasteiger partial charge in [0.05, 0.1) is 12.4 Å². The Balaban J connectivity index is 2.02. The van der Waals surface area contributed by atoms with Crippen molar-refractivity contribution < 1.29 is 0 Å². The van der Waals surface area contributed by atoms with Gasteiger partial charge in [-0.3, -0.25) is 4.98 Å². The monoisotopic (exact) mass is 240 g/mol. The van der Waals surface area contributed by atoms with E-state index in [2.05, 4.69) is 15.3 Å². The Morgan fingerprint density at radius 1 is 1.25 bits per heavy atom. The van der Waals surface area contributed by atoms with Crippen molar-refractivity contribution in [1.29, 1.82) is 0 Å². The van der Waals surface area contributed by atoms with Crippen LogP contribution in [0.15, 0.2) is 12.4 Å². The Kier molecular flexibility index (Phi) is 3.96. The number of nitrogens with zero attached hydrogens (tertiary/aromatic N) is 2. The predicted molar refractivity (Wildman–Crippen MR) is 65.5 cm³/mol. The molecule has 88 valence electrons. The fourth-order valence-corrected chi connectivity index (χ4v) is 2.26. The third kappa shape index (κ3) is 3.06. The first-order chi connectivity index (χ1) is 7.75. The minimum Gasteiger partial charge on any atom is -0.364 e. The van der Waals surface area contributed by atoms with Crippen LogP contribution in [0.5, 0.6) is 0 Å². The molecule has 0 saturated heterocycles. The SMILES string of the molecule is NC1CCCCCC1Nc1cncc(Cl)n1.